The van der Waals surface area contributed by atoms with Gasteiger partial charge >= 0.3 is 0 Å². The van der Waals surface area contributed by atoms with Crippen LogP contribution in [0, 0.1) is 17.0 Å². The predicted molar refractivity (Wildman–Crippen MR) is 128 cm³/mol. The van der Waals surface area contributed by atoms with E-state index in [9.17, 15) is 13.6 Å². The normalized spacial score (nSPS) is 16.4. The van der Waals surface area contributed by atoms with Gasteiger partial charge in [-0.3, -0.25) is 4.79 Å². The molecular weight excluding hydrogens is 434 g/mol. The Labute approximate surface area is 199 Å². The van der Waals surface area contributed by atoms with E-state index in [0.717, 1.165) is 18.2 Å². The molecule has 7 heteroatoms. The molecule has 1 aliphatic rings. The number of hydrogen-bond acceptors (Lipinski definition) is 3. The van der Waals surface area contributed by atoms with E-state index in [1.165, 1.54) is 23.3 Å². The van der Waals surface area contributed by atoms with Crippen LogP contribution in [0.5, 0.6) is 0 Å². The third-order valence-electron chi connectivity index (χ3n) is 6.03. The summed E-state index contributed by atoms with van der Waals surface area (Å²) in [7, 11) is 0. The van der Waals surface area contributed by atoms with E-state index in [0.29, 0.717) is 31.6 Å². The van der Waals surface area contributed by atoms with Crippen molar-refractivity contribution in [2.24, 2.45) is 5.41 Å². The quantitative estimate of drug-likeness (QED) is 0.524. The molecule has 0 saturated carbocycles. The summed E-state index contributed by atoms with van der Waals surface area (Å²) in [6, 6.07) is 11.7. The molecule has 1 N–H and O–H groups in total. The smallest absolute Gasteiger partial charge is 0.240 e. The molecule has 1 amide bonds. The van der Waals surface area contributed by atoms with Gasteiger partial charge in [0.25, 0.3) is 0 Å². The number of carbonyl (C=O) groups excluding carboxylic acids is 1. The van der Waals surface area contributed by atoms with Crippen molar-refractivity contribution in [2.75, 3.05) is 6.54 Å². The summed E-state index contributed by atoms with van der Waals surface area (Å²) in [5, 5.41) is 3.33. The Hall–Kier alpha value is -3.06. The van der Waals surface area contributed by atoms with Crippen LogP contribution in [0.2, 0.25) is 0 Å². The van der Waals surface area contributed by atoms with Gasteiger partial charge in [-0.25, -0.2) is 13.8 Å². The molecule has 5 nitrogen and oxygen atoms in total. The van der Waals surface area contributed by atoms with Crippen LogP contribution < -0.4 is 5.32 Å². The fraction of sp³-hybridized carbons (Fsp3) is 0.407. The molecule has 0 spiro atoms. The van der Waals surface area contributed by atoms with Crippen LogP contribution in [0.1, 0.15) is 49.6 Å². The highest BCUT2D eigenvalue weighted by Crippen LogP contribution is 2.21. The standard InChI is InChI=1S/C27H32F2N4O/c1-27(2,3)13-19-4-6-20(7-5-19)16-33-18-30-14-24(33)15-31-25-8-9-32(26(25)34)17-21-10-22(28)12-23(29)11-21/h4-7,10-12,14,18,25,31H,8-9,13,15-17H2,1-3H3. The molecular formula is C27H32F2N4O. The molecule has 3 aromatic rings. The maximum atomic E-state index is 13.5. The zero-order valence-corrected chi connectivity index (χ0v) is 20.0. The average molecular weight is 467 g/mol. The zero-order chi connectivity index (χ0) is 24.3. The maximum Gasteiger partial charge on any atom is 0.240 e. The first-order chi connectivity index (χ1) is 16.2. The molecule has 0 bridgehead atoms. The first-order valence-electron chi connectivity index (χ1n) is 11.7. The topological polar surface area (TPSA) is 50.2 Å². The number of nitrogens with one attached hydrogen (secondary N) is 1. The van der Waals surface area contributed by atoms with Gasteiger partial charge < -0.3 is 14.8 Å². The zero-order valence-electron chi connectivity index (χ0n) is 20.0. The van der Waals surface area contributed by atoms with Gasteiger partial charge in [-0.15, -0.1) is 0 Å². The lowest BCUT2D eigenvalue weighted by Crippen LogP contribution is -2.38. The van der Waals surface area contributed by atoms with Gasteiger partial charge in [0.15, 0.2) is 0 Å². The third kappa shape index (κ3) is 6.29. The lowest BCUT2D eigenvalue weighted by molar-refractivity contribution is -0.130. The molecule has 2 aromatic carbocycles. The molecule has 1 atom stereocenters. The van der Waals surface area contributed by atoms with Gasteiger partial charge in [0.1, 0.15) is 11.6 Å². The molecule has 0 radical (unpaired) electrons. The average Bonchev–Trinajstić information content (AvgIpc) is 3.33. The van der Waals surface area contributed by atoms with Crippen LogP contribution in [-0.4, -0.2) is 32.9 Å². The van der Waals surface area contributed by atoms with E-state index in [-0.39, 0.29) is 23.9 Å². The van der Waals surface area contributed by atoms with E-state index in [1.807, 2.05) is 6.20 Å². The number of hydrogen-bond donors (Lipinski definition) is 1. The van der Waals surface area contributed by atoms with Gasteiger partial charge in [0.05, 0.1) is 18.1 Å². The summed E-state index contributed by atoms with van der Waals surface area (Å²) in [5.74, 6) is -1.31. The number of amides is 1. The highest BCUT2D eigenvalue weighted by atomic mass is 19.1. The fourth-order valence-corrected chi connectivity index (χ4v) is 4.45. The highest BCUT2D eigenvalue weighted by molar-refractivity contribution is 5.83. The van der Waals surface area contributed by atoms with Crippen molar-refractivity contribution in [2.45, 2.75) is 59.3 Å². The third-order valence-corrected chi connectivity index (χ3v) is 6.03. The van der Waals surface area contributed by atoms with Crippen molar-refractivity contribution in [3.63, 3.8) is 0 Å². The van der Waals surface area contributed by atoms with E-state index < -0.39 is 11.6 Å². The first kappa shape index (κ1) is 24.1. The Bertz CT molecular complexity index is 1110. The van der Waals surface area contributed by atoms with E-state index in [1.54, 1.807) is 11.2 Å². The second-order valence-electron chi connectivity index (χ2n) is 10.3. The van der Waals surface area contributed by atoms with Crippen LogP contribution in [0.25, 0.3) is 0 Å². The van der Waals surface area contributed by atoms with Gasteiger partial charge in [-0.05, 0) is 47.1 Å². The van der Waals surface area contributed by atoms with Crippen molar-refractivity contribution in [1.29, 1.82) is 0 Å². The van der Waals surface area contributed by atoms with Crippen LogP contribution in [0.3, 0.4) is 0 Å². The largest absolute Gasteiger partial charge is 0.337 e. The first-order valence-corrected chi connectivity index (χ1v) is 11.7. The Kier molecular flexibility index (Phi) is 7.12. The van der Waals surface area contributed by atoms with Crippen molar-refractivity contribution < 1.29 is 13.6 Å². The molecule has 1 saturated heterocycles. The van der Waals surface area contributed by atoms with Crippen LogP contribution >= 0.6 is 0 Å². The molecule has 2 heterocycles. The summed E-state index contributed by atoms with van der Waals surface area (Å²) in [6.07, 6.45) is 5.31. The van der Waals surface area contributed by atoms with E-state index in [4.69, 9.17) is 0 Å². The predicted octanol–water partition coefficient (Wildman–Crippen LogP) is 4.69. The Balaban J connectivity index is 1.32. The van der Waals surface area contributed by atoms with Crippen LogP contribution in [0.15, 0.2) is 55.0 Å². The number of imidazole rings is 1. The van der Waals surface area contributed by atoms with Gasteiger partial charge in [0, 0.05) is 38.4 Å². The number of nitrogens with zero attached hydrogens (tertiary/aromatic N) is 3. The molecule has 180 valence electrons. The fourth-order valence-electron chi connectivity index (χ4n) is 4.45. The molecule has 1 unspecified atom stereocenters. The second kappa shape index (κ2) is 10.1. The maximum absolute atomic E-state index is 13.5. The number of carbonyl (C=O) groups is 1. The van der Waals surface area contributed by atoms with Crippen molar-refractivity contribution in [3.8, 4) is 0 Å². The van der Waals surface area contributed by atoms with Crippen LogP contribution in [-0.2, 0) is 30.8 Å². The minimum absolute atomic E-state index is 0.0508. The lowest BCUT2D eigenvalue weighted by Gasteiger charge is -2.18. The highest BCUT2D eigenvalue weighted by Gasteiger charge is 2.31. The summed E-state index contributed by atoms with van der Waals surface area (Å²) in [6.45, 7) is 8.69. The lowest BCUT2D eigenvalue weighted by atomic mass is 9.88. The Morgan fingerprint density at radius 2 is 1.68 bits per heavy atom. The van der Waals surface area contributed by atoms with Gasteiger partial charge in [-0.1, -0.05) is 45.0 Å². The number of likely N-dealkylation sites (tertiary alicyclic amines) is 1. The van der Waals surface area contributed by atoms with Crippen molar-refractivity contribution >= 4 is 5.91 Å². The number of aromatic nitrogens is 2. The molecule has 0 aliphatic carbocycles. The van der Waals surface area contributed by atoms with Gasteiger partial charge in [-0.2, -0.15) is 0 Å². The minimum Gasteiger partial charge on any atom is -0.337 e. The van der Waals surface area contributed by atoms with Crippen molar-refractivity contribution in [3.05, 3.63) is 89.0 Å². The molecule has 1 aliphatic heterocycles. The minimum atomic E-state index is -0.631. The summed E-state index contributed by atoms with van der Waals surface area (Å²) in [4.78, 5) is 18.7. The molecule has 1 aromatic heterocycles. The van der Waals surface area contributed by atoms with E-state index in [2.05, 4.69) is 59.9 Å². The molecule has 34 heavy (non-hydrogen) atoms. The summed E-state index contributed by atoms with van der Waals surface area (Å²) in [5.41, 5.74) is 4.23. The Morgan fingerprint density at radius 1 is 1.00 bits per heavy atom. The van der Waals surface area contributed by atoms with Crippen LogP contribution in [0.4, 0.5) is 8.78 Å². The summed E-state index contributed by atoms with van der Waals surface area (Å²) >= 11 is 0. The molecule has 1 fully saturated rings. The van der Waals surface area contributed by atoms with Crippen molar-refractivity contribution in [1.82, 2.24) is 19.8 Å². The second-order valence-corrected chi connectivity index (χ2v) is 10.3. The summed E-state index contributed by atoms with van der Waals surface area (Å²) < 4.78 is 29.0. The monoisotopic (exact) mass is 466 g/mol. The number of rotatable bonds is 8. The molecule has 4 rings (SSSR count). The Morgan fingerprint density at radius 3 is 2.35 bits per heavy atom. The van der Waals surface area contributed by atoms with Gasteiger partial charge in [0.2, 0.25) is 5.91 Å². The van der Waals surface area contributed by atoms with E-state index >= 15 is 0 Å². The number of benzene rings is 2. The SMILES string of the molecule is CC(C)(C)Cc1ccc(Cn2cncc2CNC2CCN(Cc3cc(F)cc(F)c3)C2=O)cc1. The number of halogens is 2.